The fourth-order valence-electron chi connectivity index (χ4n) is 4.04. The van der Waals surface area contributed by atoms with Gasteiger partial charge in [-0.15, -0.1) is 0 Å². The molecule has 0 saturated carbocycles. The highest BCUT2D eigenvalue weighted by Crippen LogP contribution is 2.29. The van der Waals surface area contributed by atoms with Gasteiger partial charge in [-0.2, -0.15) is 15.1 Å². The largest absolute Gasteiger partial charge is 0.340 e. The first-order chi connectivity index (χ1) is 14.7. The van der Waals surface area contributed by atoms with Crippen LogP contribution in [0.5, 0.6) is 0 Å². The Kier molecular flexibility index (Phi) is 4.83. The molecule has 6 heteroatoms. The van der Waals surface area contributed by atoms with Crippen molar-refractivity contribution >= 4 is 28.5 Å². The van der Waals surface area contributed by atoms with Crippen molar-refractivity contribution < 1.29 is 0 Å². The maximum atomic E-state index is 4.96. The third kappa shape index (κ3) is 3.61. The van der Waals surface area contributed by atoms with E-state index in [-0.39, 0.29) is 0 Å². The van der Waals surface area contributed by atoms with Gasteiger partial charge in [0.25, 0.3) is 0 Å². The number of benzene rings is 2. The smallest absolute Gasteiger partial charge is 0.229 e. The number of nitrogens with one attached hydrogen (secondary N) is 1. The predicted octanol–water partition coefficient (Wildman–Crippen LogP) is 5.10. The molecule has 0 amide bonds. The summed E-state index contributed by atoms with van der Waals surface area (Å²) in [4.78, 5) is 12.2. The van der Waals surface area contributed by atoms with Crippen molar-refractivity contribution in [3.05, 3.63) is 66.4 Å². The number of fused-ring (bicyclic) bond motifs is 1. The first-order valence-corrected chi connectivity index (χ1v) is 10.6. The lowest BCUT2D eigenvalue weighted by Gasteiger charge is -2.31. The van der Waals surface area contributed by atoms with E-state index in [0.29, 0.717) is 5.92 Å². The molecule has 1 atom stereocenters. The monoisotopic (exact) mass is 398 g/mol. The zero-order valence-electron chi connectivity index (χ0n) is 17.4. The molecular formula is C24H26N6. The van der Waals surface area contributed by atoms with Gasteiger partial charge in [-0.05, 0) is 49.9 Å². The summed E-state index contributed by atoms with van der Waals surface area (Å²) in [5.41, 5.74) is 4.05. The Morgan fingerprint density at radius 3 is 2.57 bits per heavy atom. The average molecular weight is 399 g/mol. The van der Waals surface area contributed by atoms with Crippen molar-refractivity contribution in [1.29, 1.82) is 0 Å². The number of aryl methyl sites for hydroxylation is 1. The molecule has 1 aliphatic heterocycles. The van der Waals surface area contributed by atoms with Crippen molar-refractivity contribution in [2.45, 2.75) is 26.7 Å². The molecule has 0 bridgehead atoms. The van der Waals surface area contributed by atoms with Crippen LogP contribution in [0.25, 0.3) is 16.7 Å². The maximum Gasteiger partial charge on any atom is 0.229 e. The van der Waals surface area contributed by atoms with E-state index in [2.05, 4.69) is 53.4 Å². The predicted molar refractivity (Wildman–Crippen MR) is 122 cm³/mol. The van der Waals surface area contributed by atoms with E-state index in [0.717, 1.165) is 47.3 Å². The minimum absolute atomic E-state index is 0.644. The molecule has 0 spiro atoms. The van der Waals surface area contributed by atoms with Gasteiger partial charge in [0.05, 0.1) is 17.3 Å². The molecule has 2 aromatic heterocycles. The molecule has 4 aromatic rings. The number of para-hydroxylation sites is 1. The second-order valence-electron chi connectivity index (χ2n) is 8.19. The number of piperidine rings is 1. The zero-order valence-corrected chi connectivity index (χ0v) is 17.4. The Hall–Kier alpha value is -3.41. The second kappa shape index (κ2) is 7.78. The molecule has 2 aromatic carbocycles. The third-order valence-corrected chi connectivity index (χ3v) is 5.67. The van der Waals surface area contributed by atoms with E-state index in [1.54, 1.807) is 0 Å². The molecule has 30 heavy (non-hydrogen) atoms. The van der Waals surface area contributed by atoms with Crippen molar-refractivity contribution in [3.8, 4) is 5.69 Å². The van der Waals surface area contributed by atoms with Crippen molar-refractivity contribution in [3.63, 3.8) is 0 Å². The van der Waals surface area contributed by atoms with E-state index in [1.165, 1.54) is 18.4 Å². The normalized spacial score (nSPS) is 16.7. The number of hydrogen-bond acceptors (Lipinski definition) is 5. The van der Waals surface area contributed by atoms with Gasteiger partial charge in [0.1, 0.15) is 5.82 Å². The van der Waals surface area contributed by atoms with E-state index >= 15 is 0 Å². The SMILES string of the molecule is Cc1ccc(Nc2nc(N3CCCC(C)C3)nc3c2cnn3-c2ccccc2)cc1. The highest BCUT2D eigenvalue weighted by atomic mass is 15.3. The fourth-order valence-corrected chi connectivity index (χ4v) is 4.04. The highest BCUT2D eigenvalue weighted by Gasteiger charge is 2.22. The Morgan fingerprint density at radius 1 is 1.00 bits per heavy atom. The Labute approximate surface area is 176 Å². The summed E-state index contributed by atoms with van der Waals surface area (Å²) in [5.74, 6) is 2.20. The number of aromatic nitrogens is 4. The summed E-state index contributed by atoms with van der Waals surface area (Å²) >= 11 is 0. The summed E-state index contributed by atoms with van der Waals surface area (Å²) < 4.78 is 1.90. The lowest BCUT2D eigenvalue weighted by molar-refractivity contribution is 0.442. The third-order valence-electron chi connectivity index (χ3n) is 5.67. The van der Waals surface area contributed by atoms with Crippen LogP contribution in [-0.4, -0.2) is 32.8 Å². The van der Waals surface area contributed by atoms with Crippen molar-refractivity contribution in [2.75, 3.05) is 23.3 Å². The van der Waals surface area contributed by atoms with Gasteiger partial charge in [0.2, 0.25) is 5.95 Å². The molecule has 3 heterocycles. The van der Waals surface area contributed by atoms with Gasteiger partial charge in [-0.3, -0.25) is 0 Å². The molecule has 6 nitrogen and oxygen atoms in total. The van der Waals surface area contributed by atoms with Crippen LogP contribution in [0.3, 0.4) is 0 Å². The molecule has 1 aliphatic rings. The van der Waals surface area contributed by atoms with Gasteiger partial charge < -0.3 is 10.2 Å². The van der Waals surface area contributed by atoms with Crippen LogP contribution < -0.4 is 10.2 Å². The molecule has 0 radical (unpaired) electrons. The Morgan fingerprint density at radius 2 is 1.80 bits per heavy atom. The lowest BCUT2D eigenvalue weighted by Crippen LogP contribution is -2.35. The minimum atomic E-state index is 0.644. The quantitative estimate of drug-likeness (QED) is 0.518. The van der Waals surface area contributed by atoms with Gasteiger partial charge in [0, 0.05) is 18.8 Å². The summed E-state index contributed by atoms with van der Waals surface area (Å²) in [5, 5.41) is 9.05. The number of rotatable bonds is 4. The van der Waals surface area contributed by atoms with Crippen LogP contribution in [0.15, 0.2) is 60.8 Å². The van der Waals surface area contributed by atoms with Crippen LogP contribution in [-0.2, 0) is 0 Å². The number of hydrogen-bond donors (Lipinski definition) is 1. The van der Waals surface area contributed by atoms with Crippen LogP contribution in [0.2, 0.25) is 0 Å². The van der Waals surface area contributed by atoms with Crippen LogP contribution in [0, 0.1) is 12.8 Å². The first kappa shape index (κ1) is 18.6. The highest BCUT2D eigenvalue weighted by molar-refractivity contribution is 5.90. The molecule has 1 fully saturated rings. The molecular weight excluding hydrogens is 372 g/mol. The molecule has 5 rings (SSSR count). The lowest BCUT2D eigenvalue weighted by atomic mass is 10.0. The standard InChI is InChI=1S/C24H26N6/c1-17-10-12-19(13-11-17)26-22-21-15-25-30(20-8-4-3-5-9-20)23(21)28-24(27-22)29-14-6-7-18(2)16-29/h3-5,8-13,15,18H,6-7,14,16H2,1-2H3,(H,26,27,28). The summed E-state index contributed by atoms with van der Waals surface area (Å²) in [6, 6.07) is 18.5. The molecule has 1 N–H and O–H groups in total. The summed E-state index contributed by atoms with van der Waals surface area (Å²) in [6.45, 7) is 6.35. The number of anilines is 3. The van der Waals surface area contributed by atoms with Gasteiger partial charge >= 0.3 is 0 Å². The zero-order chi connectivity index (χ0) is 20.5. The summed E-state index contributed by atoms with van der Waals surface area (Å²) in [7, 11) is 0. The first-order valence-electron chi connectivity index (χ1n) is 10.6. The number of nitrogens with zero attached hydrogens (tertiary/aromatic N) is 5. The molecule has 1 unspecified atom stereocenters. The summed E-state index contributed by atoms with van der Waals surface area (Å²) in [6.07, 6.45) is 4.28. The van der Waals surface area contributed by atoms with Crippen LogP contribution >= 0.6 is 0 Å². The Balaban J connectivity index is 1.63. The van der Waals surface area contributed by atoms with E-state index < -0.39 is 0 Å². The van der Waals surface area contributed by atoms with Crippen molar-refractivity contribution in [1.82, 2.24) is 19.7 Å². The van der Waals surface area contributed by atoms with Crippen LogP contribution in [0.4, 0.5) is 17.5 Å². The van der Waals surface area contributed by atoms with E-state index in [4.69, 9.17) is 9.97 Å². The maximum absolute atomic E-state index is 4.96. The van der Waals surface area contributed by atoms with Gasteiger partial charge in [-0.25, -0.2) is 4.68 Å². The van der Waals surface area contributed by atoms with E-state index in [1.807, 2.05) is 41.2 Å². The topological polar surface area (TPSA) is 58.9 Å². The van der Waals surface area contributed by atoms with Gasteiger partial charge in [-0.1, -0.05) is 42.8 Å². The second-order valence-corrected chi connectivity index (χ2v) is 8.19. The fraction of sp³-hybridized carbons (Fsp3) is 0.292. The molecule has 0 aliphatic carbocycles. The van der Waals surface area contributed by atoms with Crippen LogP contribution in [0.1, 0.15) is 25.3 Å². The Bertz CT molecular complexity index is 1150. The minimum Gasteiger partial charge on any atom is -0.340 e. The average Bonchev–Trinajstić information content (AvgIpc) is 3.20. The molecule has 152 valence electrons. The van der Waals surface area contributed by atoms with E-state index in [9.17, 15) is 0 Å². The van der Waals surface area contributed by atoms with Crippen molar-refractivity contribution in [2.24, 2.45) is 5.92 Å². The molecule has 1 saturated heterocycles. The van der Waals surface area contributed by atoms with Gasteiger partial charge in [0.15, 0.2) is 5.65 Å².